The summed E-state index contributed by atoms with van der Waals surface area (Å²) in [5, 5.41) is 0. The summed E-state index contributed by atoms with van der Waals surface area (Å²) in [6.07, 6.45) is 17.8. The molecule has 28 heavy (non-hydrogen) atoms. The maximum atomic E-state index is 12.4. The van der Waals surface area contributed by atoms with E-state index < -0.39 is 11.8 Å². The van der Waals surface area contributed by atoms with Gasteiger partial charge in [0.2, 0.25) is 0 Å². The fourth-order valence-electron chi connectivity index (χ4n) is 3.55. The van der Waals surface area contributed by atoms with Crippen LogP contribution in [0, 0.1) is 17.8 Å². The minimum atomic E-state index is -0.493. The smallest absolute Gasteiger partial charge is 0.313 e. The first-order chi connectivity index (χ1) is 13.6. The van der Waals surface area contributed by atoms with E-state index in [1.54, 1.807) is 0 Å². The van der Waals surface area contributed by atoms with Crippen LogP contribution >= 0.6 is 0 Å². The summed E-state index contributed by atoms with van der Waals surface area (Å²) >= 11 is 0. The molecule has 1 rings (SSSR count). The molecule has 0 aromatic heterocycles. The van der Waals surface area contributed by atoms with E-state index in [4.69, 9.17) is 9.47 Å². The largest absolute Gasteiger partial charge is 0.465 e. The molecule has 1 aliphatic carbocycles. The molecule has 0 radical (unpaired) electrons. The van der Waals surface area contributed by atoms with E-state index in [0.29, 0.717) is 25.6 Å². The molecular formula is C24H42O4. The first-order valence-electron chi connectivity index (χ1n) is 11.6. The van der Waals surface area contributed by atoms with Crippen molar-refractivity contribution >= 4 is 11.9 Å². The number of unbranched alkanes of at least 4 members (excludes halogenated alkanes) is 9. The van der Waals surface area contributed by atoms with Crippen molar-refractivity contribution in [3.05, 3.63) is 12.2 Å². The van der Waals surface area contributed by atoms with Crippen molar-refractivity contribution in [2.75, 3.05) is 13.2 Å². The summed E-state index contributed by atoms with van der Waals surface area (Å²) in [5.41, 5.74) is 0. The van der Waals surface area contributed by atoms with Gasteiger partial charge in [-0.1, -0.05) is 90.7 Å². The lowest BCUT2D eigenvalue weighted by Crippen LogP contribution is -2.33. The average Bonchev–Trinajstić information content (AvgIpc) is 2.70. The van der Waals surface area contributed by atoms with Crippen LogP contribution < -0.4 is 0 Å². The monoisotopic (exact) mass is 394 g/mol. The predicted octanol–water partition coefficient (Wildman–Crippen LogP) is 6.23. The van der Waals surface area contributed by atoms with Crippen molar-refractivity contribution in [3.8, 4) is 0 Å². The number of ether oxygens (including phenoxy) is 2. The third-order valence-electron chi connectivity index (χ3n) is 5.30. The van der Waals surface area contributed by atoms with Crippen molar-refractivity contribution in [2.24, 2.45) is 17.8 Å². The lowest BCUT2D eigenvalue weighted by atomic mass is 9.84. The van der Waals surface area contributed by atoms with E-state index in [1.807, 2.05) is 26.0 Å². The Hall–Kier alpha value is -1.32. The average molecular weight is 395 g/mol. The van der Waals surface area contributed by atoms with Gasteiger partial charge in [-0.25, -0.2) is 0 Å². The van der Waals surface area contributed by atoms with Crippen LogP contribution in [-0.2, 0) is 19.1 Å². The highest BCUT2D eigenvalue weighted by atomic mass is 16.5. The summed E-state index contributed by atoms with van der Waals surface area (Å²) in [4.78, 5) is 24.7. The van der Waals surface area contributed by atoms with Gasteiger partial charge in [-0.2, -0.15) is 0 Å². The van der Waals surface area contributed by atoms with E-state index in [2.05, 4.69) is 6.92 Å². The Morgan fingerprint density at radius 1 is 0.893 bits per heavy atom. The molecule has 0 bridgehead atoms. The van der Waals surface area contributed by atoms with E-state index in [-0.39, 0.29) is 11.9 Å². The van der Waals surface area contributed by atoms with Crippen molar-refractivity contribution in [2.45, 2.75) is 97.8 Å². The Balaban J connectivity index is 2.16. The van der Waals surface area contributed by atoms with Gasteiger partial charge in [0, 0.05) is 0 Å². The first-order valence-corrected chi connectivity index (χ1v) is 11.6. The lowest BCUT2D eigenvalue weighted by molar-refractivity contribution is -0.160. The molecule has 0 saturated carbocycles. The molecule has 4 heteroatoms. The Morgan fingerprint density at radius 2 is 1.50 bits per heavy atom. The van der Waals surface area contributed by atoms with Crippen LogP contribution in [0.4, 0.5) is 0 Å². The summed E-state index contributed by atoms with van der Waals surface area (Å²) in [5.74, 6) is -1.14. The van der Waals surface area contributed by atoms with Crippen molar-refractivity contribution in [1.29, 1.82) is 0 Å². The maximum absolute atomic E-state index is 12.4. The second-order valence-electron chi connectivity index (χ2n) is 8.51. The van der Waals surface area contributed by atoms with Crippen LogP contribution in [0.15, 0.2) is 12.2 Å². The second kappa shape index (κ2) is 15.6. The molecule has 0 fully saturated rings. The first kappa shape index (κ1) is 24.7. The molecule has 2 atom stereocenters. The van der Waals surface area contributed by atoms with Gasteiger partial charge < -0.3 is 9.47 Å². The van der Waals surface area contributed by atoms with Crippen LogP contribution in [-0.4, -0.2) is 25.2 Å². The van der Waals surface area contributed by atoms with Crippen LogP contribution in [0.1, 0.15) is 97.8 Å². The molecule has 0 amide bonds. The maximum Gasteiger partial charge on any atom is 0.313 e. The van der Waals surface area contributed by atoms with Crippen molar-refractivity contribution in [1.82, 2.24) is 0 Å². The van der Waals surface area contributed by atoms with E-state index in [0.717, 1.165) is 19.3 Å². The summed E-state index contributed by atoms with van der Waals surface area (Å²) in [6, 6.07) is 0. The lowest BCUT2D eigenvalue weighted by Gasteiger charge is -2.25. The number of carbonyl (C=O) groups is 2. The standard InChI is InChI=1S/C24H42O4/c1-4-5-6-7-8-9-10-11-12-15-18-27-23(25)21-16-13-14-17-22(21)24(26)28-19-20(2)3/h14,17,20-22H,4-13,15-16,18-19H2,1-3H3. The van der Waals surface area contributed by atoms with Gasteiger partial charge in [0.15, 0.2) is 0 Å². The fraction of sp³-hybridized carbons (Fsp3) is 0.833. The van der Waals surface area contributed by atoms with Gasteiger partial charge in [-0.05, 0) is 25.2 Å². The number of allylic oxidation sites excluding steroid dienone is 1. The molecule has 4 nitrogen and oxygen atoms in total. The molecule has 0 heterocycles. The van der Waals surface area contributed by atoms with Gasteiger partial charge in [-0.3, -0.25) is 9.59 Å². The molecule has 0 spiro atoms. The number of hydrogen-bond acceptors (Lipinski definition) is 4. The number of rotatable bonds is 15. The predicted molar refractivity (Wildman–Crippen MR) is 114 cm³/mol. The SMILES string of the molecule is CCCCCCCCCCCCOC(=O)C1CCC=CC1C(=O)OCC(C)C. The minimum Gasteiger partial charge on any atom is -0.465 e. The highest BCUT2D eigenvalue weighted by Gasteiger charge is 2.35. The van der Waals surface area contributed by atoms with E-state index >= 15 is 0 Å². The van der Waals surface area contributed by atoms with E-state index in [1.165, 1.54) is 51.4 Å². The van der Waals surface area contributed by atoms with Gasteiger partial charge in [0.25, 0.3) is 0 Å². The molecule has 162 valence electrons. The van der Waals surface area contributed by atoms with Gasteiger partial charge in [-0.15, -0.1) is 0 Å². The number of esters is 2. The molecule has 0 aromatic rings. The zero-order valence-electron chi connectivity index (χ0n) is 18.4. The van der Waals surface area contributed by atoms with Crippen LogP contribution in [0.25, 0.3) is 0 Å². The zero-order valence-corrected chi connectivity index (χ0v) is 18.4. The summed E-state index contributed by atoms with van der Waals surface area (Å²) < 4.78 is 10.8. The van der Waals surface area contributed by atoms with Crippen LogP contribution in [0.5, 0.6) is 0 Å². The fourth-order valence-corrected chi connectivity index (χ4v) is 3.55. The normalized spacial score (nSPS) is 19.0. The second-order valence-corrected chi connectivity index (χ2v) is 8.51. The molecule has 0 aromatic carbocycles. The summed E-state index contributed by atoms with van der Waals surface area (Å²) in [7, 11) is 0. The minimum absolute atomic E-state index is 0.244. The quantitative estimate of drug-likeness (QED) is 0.188. The van der Waals surface area contributed by atoms with Gasteiger partial charge >= 0.3 is 11.9 Å². The van der Waals surface area contributed by atoms with Crippen LogP contribution in [0.3, 0.4) is 0 Å². The molecule has 0 aliphatic heterocycles. The topological polar surface area (TPSA) is 52.6 Å². The van der Waals surface area contributed by atoms with Gasteiger partial charge in [0.1, 0.15) is 0 Å². The summed E-state index contributed by atoms with van der Waals surface area (Å²) in [6.45, 7) is 7.10. The zero-order chi connectivity index (χ0) is 20.6. The Labute approximate surface area is 172 Å². The van der Waals surface area contributed by atoms with Crippen molar-refractivity contribution in [3.63, 3.8) is 0 Å². The third kappa shape index (κ3) is 10.9. The Morgan fingerprint density at radius 3 is 2.11 bits per heavy atom. The number of hydrogen-bond donors (Lipinski definition) is 0. The van der Waals surface area contributed by atoms with E-state index in [9.17, 15) is 9.59 Å². The highest BCUT2D eigenvalue weighted by Crippen LogP contribution is 2.27. The van der Waals surface area contributed by atoms with Crippen molar-refractivity contribution < 1.29 is 19.1 Å². The molecule has 0 saturated heterocycles. The molecular weight excluding hydrogens is 352 g/mol. The molecule has 0 N–H and O–H groups in total. The van der Waals surface area contributed by atoms with Crippen LogP contribution in [0.2, 0.25) is 0 Å². The third-order valence-corrected chi connectivity index (χ3v) is 5.30. The Bertz CT molecular complexity index is 456. The molecule has 1 aliphatic rings. The number of carbonyl (C=O) groups excluding carboxylic acids is 2. The molecule has 2 unspecified atom stereocenters. The Kier molecular flexibility index (Phi) is 13.8. The highest BCUT2D eigenvalue weighted by molar-refractivity contribution is 5.83. The van der Waals surface area contributed by atoms with Gasteiger partial charge in [0.05, 0.1) is 25.0 Å².